The molecular formula is C16H23BrClN. The van der Waals surface area contributed by atoms with Crippen molar-refractivity contribution in [3.8, 4) is 0 Å². The molecule has 0 radical (unpaired) electrons. The molecule has 1 aliphatic carbocycles. The Morgan fingerprint density at radius 3 is 2.63 bits per heavy atom. The van der Waals surface area contributed by atoms with Crippen molar-refractivity contribution in [3.63, 3.8) is 0 Å². The van der Waals surface area contributed by atoms with Crippen molar-refractivity contribution in [2.24, 2.45) is 11.7 Å². The van der Waals surface area contributed by atoms with E-state index in [1.54, 1.807) is 0 Å². The lowest BCUT2D eigenvalue weighted by Gasteiger charge is -2.37. The molecule has 0 unspecified atom stereocenters. The monoisotopic (exact) mass is 343 g/mol. The topological polar surface area (TPSA) is 26.0 Å². The first-order chi connectivity index (χ1) is 9.02. The zero-order chi connectivity index (χ0) is 13.9. The van der Waals surface area contributed by atoms with E-state index in [-0.39, 0.29) is 5.54 Å². The normalized spacial score (nSPS) is 27.5. The van der Waals surface area contributed by atoms with Crippen LogP contribution in [0.5, 0.6) is 0 Å². The van der Waals surface area contributed by atoms with E-state index in [1.165, 1.54) is 31.2 Å². The van der Waals surface area contributed by atoms with Crippen LogP contribution in [0.2, 0.25) is 5.02 Å². The van der Waals surface area contributed by atoms with Gasteiger partial charge in [-0.3, -0.25) is 0 Å². The first-order valence-electron chi connectivity index (χ1n) is 7.25. The molecule has 2 rings (SSSR count). The van der Waals surface area contributed by atoms with Crippen LogP contribution in [0.25, 0.3) is 0 Å². The third-order valence-electron chi connectivity index (χ3n) is 4.36. The molecule has 0 heterocycles. The van der Waals surface area contributed by atoms with Gasteiger partial charge in [0.05, 0.1) is 0 Å². The highest BCUT2D eigenvalue weighted by molar-refractivity contribution is 9.10. The van der Waals surface area contributed by atoms with E-state index >= 15 is 0 Å². The predicted molar refractivity (Wildman–Crippen MR) is 86.6 cm³/mol. The summed E-state index contributed by atoms with van der Waals surface area (Å²) in [4.78, 5) is 0. The minimum Gasteiger partial charge on any atom is -0.325 e. The van der Waals surface area contributed by atoms with Gasteiger partial charge in [-0.2, -0.15) is 0 Å². The van der Waals surface area contributed by atoms with Crippen LogP contribution in [0.15, 0.2) is 22.7 Å². The Morgan fingerprint density at radius 2 is 2.05 bits per heavy atom. The summed E-state index contributed by atoms with van der Waals surface area (Å²) in [5.74, 6) is 0.891. The van der Waals surface area contributed by atoms with Gasteiger partial charge < -0.3 is 5.73 Å². The highest BCUT2D eigenvalue weighted by Gasteiger charge is 2.31. The van der Waals surface area contributed by atoms with Gasteiger partial charge in [-0.15, -0.1) is 0 Å². The molecule has 1 fully saturated rings. The second-order valence-electron chi connectivity index (χ2n) is 6.01. The molecule has 106 valence electrons. The third kappa shape index (κ3) is 4.21. The molecule has 0 saturated heterocycles. The lowest BCUT2D eigenvalue weighted by atomic mass is 9.73. The molecule has 0 aliphatic heterocycles. The van der Waals surface area contributed by atoms with Gasteiger partial charge in [0, 0.05) is 15.0 Å². The number of halogens is 2. The van der Waals surface area contributed by atoms with Crippen molar-refractivity contribution >= 4 is 27.5 Å². The molecular weight excluding hydrogens is 322 g/mol. The minimum atomic E-state index is -0.0539. The van der Waals surface area contributed by atoms with Gasteiger partial charge in [-0.05, 0) is 55.7 Å². The van der Waals surface area contributed by atoms with E-state index in [2.05, 4.69) is 28.9 Å². The SMILES string of the molecule is CCCC1CCC(N)(Cc2ccc(Br)cc2Cl)CC1. The summed E-state index contributed by atoms with van der Waals surface area (Å²) in [5.41, 5.74) is 7.71. The van der Waals surface area contributed by atoms with Crippen molar-refractivity contribution in [1.82, 2.24) is 0 Å². The maximum Gasteiger partial charge on any atom is 0.0449 e. The average Bonchev–Trinajstić information content (AvgIpc) is 2.36. The van der Waals surface area contributed by atoms with E-state index < -0.39 is 0 Å². The molecule has 0 atom stereocenters. The summed E-state index contributed by atoms with van der Waals surface area (Å²) in [6.07, 6.45) is 8.36. The summed E-state index contributed by atoms with van der Waals surface area (Å²) in [5, 5.41) is 0.829. The minimum absolute atomic E-state index is 0.0539. The molecule has 1 aromatic carbocycles. The van der Waals surface area contributed by atoms with E-state index in [1.807, 2.05) is 12.1 Å². The Hall–Kier alpha value is -0.0500. The van der Waals surface area contributed by atoms with Crippen molar-refractivity contribution in [1.29, 1.82) is 0 Å². The summed E-state index contributed by atoms with van der Waals surface area (Å²) >= 11 is 9.75. The van der Waals surface area contributed by atoms with E-state index in [4.69, 9.17) is 17.3 Å². The van der Waals surface area contributed by atoms with Gasteiger partial charge in [0.15, 0.2) is 0 Å². The van der Waals surface area contributed by atoms with Gasteiger partial charge in [-0.1, -0.05) is 53.4 Å². The van der Waals surface area contributed by atoms with Gasteiger partial charge in [-0.25, -0.2) is 0 Å². The van der Waals surface area contributed by atoms with Crippen molar-refractivity contribution < 1.29 is 0 Å². The Balaban J connectivity index is 1.99. The molecule has 2 N–H and O–H groups in total. The molecule has 1 nitrogen and oxygen atoms in total. The van der Waals surface area contributed by atoms with E-state index in [0.717, 1.165) is 34.7 Å². The Bertz CT molecular complexity index is 425. The summed E-state index contributed by atoms with van der Waals surface area (Å²) < 4.78 is 1.03. The molecule has 0 amide bonds. The van der Waals surface area contributed by atoms with Crippen LogP contribution in [0, 0.1) is 5.92 Å². The second-order valence-corrected chi connectivity index (χ2v) is 7.33. The van der Waals surface area contributed by atoms with Gasteiger partial charge >= 0.3 is 0 Å². The molecule has 0 spiro atoms. The standard InChI is InChI=1S/C16H23BrClN/c1-2-3-12-6-8-16(19,9-7-12)11-13-4-5-14(17)10-15(13)18/h4-5,10,12H,2-3,6-9,11,19H2,1H3. The van der Waals surface area contributed by atoms with Crippen LogP contribution < -0.4 is 5.73 Å². The second kappa shape index (κ2) is 6.60. The van der Waals surface area contributed by atoms with Crippen molar-refractivity contribution in [3.05, 3.63) is 33.3 Å². The summed E-state index contributed by atoms with van der Waals surface area (Å²) in [6, 6.07) is 6.11. The maximum atomic E-state index is 6.59. The summed E-state index contributed by atoms with van der Waals surface area (Å²) in [6.45, 7) is 2.27. The molecule has 0 bridgehead atoms. The van der Waals surface area contributed by atoms with Crippen molar-refractivity contribution in [2.45, 2.75) is 57.4 Å². The predicted octanol–water partition coefficient (Wildman–Crippen LogP) is 5.33. The fraction of sp³-hybridized carbons (Fsp3) is 0.625. The van der Waals surface area contributed by atoms with Crippen LogP contribution >= 0.6 is 27.5 Å². The average molecular weight is 345 g/mol. The Kier molecular flexibility index (Phi) is 5.33. The maximum absolute atomic E-state index is 6.59. The number of benzene rings is 1. The number of rotatable bonds is 4. The number of hydrogen-bond donors (Lipinski definition) is 1. The van der Waals surface area contributed by atoms with Gasteiger partial charge in [0.25, 0.3) is 0 Å². The molecule has 19 heavy (non-hydrogen) atoms. The van der Waals surface area contributed by atoms with Gasteiger partial charge in [0.1, 0.15) is 0 Å². The van der Waals surface area contributed by atoms with E-state index in [0.29, 0.717) is 0 Å². The smallest absolute Gasteiger partial charge is 0.0449 e. The first kappa shape index (κ1) is 15.3. The molecule has 3 heteroatoms. The van der Waals surface area contributed by atoms with E-state index in [9.17, 15) is 0 Å². The van der Waals surface area contributed by atoms with Crippen LogP contribution in [0.3, 0.4) is 0 Å². The Labute approximate surface area is 130 Å². The quantitative estimate of drug-likeness (QED) is 0.784. The lowest BCUT2D eigenvalue weighted by Crippen LogP contribution is -2.45. The van der Waals surface area contributed by atoms with Crippen molar-refractivity contribution in [2.75, 3.05) is 0 Å². The highest BCUT2D eigenvalue weighted by atomic mass is 79.9. The summed E-state index contributed by atoms with van der Waals surface area (Å²) in [7, 11) is 0. The highest BCUT2D eigenvalue weighted by Crippen LogP contribution is 2.36. The molecule has 1 saturated carbocycles. The number of hydrogen-bond acceptors (Lipinski definition) is 1. The van der Waals surface area contributed by atoms with Crippen LogP contribution in [-0.4, -0.2) is 5.54 Å². The Morgan fingerprint density at radius 1 is 1.37 bits per heavy atom. The fourth-order valence-electron chi connectivity index (χ4n) is 3.17. The van der Waals surface area contributed by atoms with Crippen LogP contribution in [0.1, 0.15) is 51.0 Å². The largest absolute Gasteiger partial charge is 0.325 e. The lowest BCUT2D eigenvalue weighted by molar-refractivity contribution is 0.223. The molecule has 1 aliphatic rings. The molecule has 0 aromatic heterocycles. The zero-order valence-electron chi connectivity index (χ0n) is 11.6. The first-order valence-corrected chi connectivity index (χ1v) is 8.42. The number of nitrogens with two attached hydrogens (primary N) is 1. The zero-order valence-corrected chi connectivity index (χ0v) is 13.9. The fourth-order valence-corrected chi connectivity index (χ4v) is 3.91. The van der Waals surface area contributed by atoms with Gasteiger partial charge in [0.2, 0.25) is 0 Å². The third-order valence-corrected chi connectivity index (χ3v) is 5.20. The van der Waals surface area contributed by atoms with Crippen LogP contribution in [0.4, 0.5) is 0 Å². The molecule has 1 aromatic rings. The van der Waals surface area contributed by atoms with Crippen LogP contribution in [-0.2, 0) is 6.42 Å².